The highest BCUT2D eigenvalue weighted by molar-refractivity contribution is 4.83. The highest BCUT2D eigenvalue weighted by Crippen LogP contribution is 1.99. The molecule has 0 saturated carbocycles. The monoisotopic (exact) mass is 197 g/mol. The van der Waals surface area contributed by atoms with Crippen molar-refractivity contribution in [2.45, 2.75) is 52.9 Å². The topological polar surface area (TPSA) is 3.24 Å². The van der Waals surface area contributed by atoms with Crippen LogP contribution in [0.2, 0.25) is 0 Å². The molecule has 0 bridgehead atoms. The Hall–Kier alpha value is -0.300. The molecule has 0 N–H and O–H groups in total. The van der Waals surface area contributed by atoms with Crippen LogP contribution in [-0.2, 0) is 0 Å². The van der Waals surface area contributed by atoms with E-state index in [1.807, 2.05) is 0 Å². The summed E-state index contributed by atoms with van der Waals surface area (Å²) < 4.78 is 0. The van der Waals surface area contributed by atoms with Gasteiger partial charge in [-0.2, -0.15) is 0 Å². The van der Waals surface area contributed by atoms with Crippen LogP contribution in [0.15, 0.2) is 12.2 Å². The molecule has 0 aliphatic rings. The molecule has 0 rings (SSSR count). The number of hydrogen-bond donors (Lipinski definition) is 0. The van der Waals surface area contributed by atoms with E-state index in [4.69, 9.17) is 0 Å². The molecule has 0 heterocycles. The predicted molar refractivity (Wildman–Crippen MR) is 65.7 cm³/mol. The zero-order valence-corrected chi connectivity index (χ0v) is 10.3. The molecule has 0 unspecified atom stereocenters. The Kier molecular flexibility index (Phi) is 10.5. The van der Waals surface area contributed by atoms with Crippen LogP contribution in [0.5, 0.6) is 0 Å². The third kappa shape index (κ3) is 8.31. The van der Waals surface area contributed by atoms with Gasteiger partial charge < -0.3 is 0 Å². The summed E-state index contributed by atoms with van der Waals surface area (Å²) >= 11 is 0. The van der Waals surface area contributed by atoms with Crippen LogP contribution in [0.25, 0.3) is 0 Å². The average molecular weight is 197 g/mol. The fourth-order valence-electron chi connectivity index (χ4n) is 1.45. The molecule has 0 radical (unpaired) electrons. The number of hydrogen-bond acceptors (Lipinski definition) is 1. The quantitative estimate of drug-likeness (QED) is 0.507. The maximum atomic E-state index is 2.57. The molecule has 0 saturated heterocycles. The summed E-state index contributed by atoms with van der Waals surface area (Å²) in [6.07, 6.45) is 11.0. The molecule has 1 nitrogen and oxygen atoms in total. The Morgan fingerprint density at radius 1 is 0.857 bits per heavy atom. The van der Waals surface area contributed by atoms with Crippen molar-refractivity contribution in [3.63, 3.8) is 0 Å². The zero-order valence-electron chi connectivity index (χ0n) is 10.3. The van der Waals surface area contributed by atoms with Gasteiger partial charge in [-0.05, 0) is 32.4 Å². The van der Waals surface area contributed by atoms with Gasteiger partial charge in [0.05, 0.1) is 0 Å². The smallest absolute Gasteiger partial charge is 0.0163 e. The molecule has 0 aliphatic heterocycles. The number of unbranched alkanes of at least 4 members (excludes halogenated alkanes) is 2. The van der Waals surface area contributed by atoms with Crippen molar-refractivity contribution in [3.8, 4) is 0 Å². The first-order chi connectivity index (χ1) is 6.85. The van der Waals surface area contributed by atoms with E-state index < -0.39 is 0 Å². The van der Waals surface area contributed by atoms with Gasteiger partial charge in [0.2, 0.25) is 0 Å². The van der Waals surface area contributed by atoms with E-state index in [0.29, 0.717) is 0 Å². The summed E-state index contributed by atoms with van der Waals surface area (Å²) in [6.45, 7) is 10.4. The Morgan fingerprint density at radius 2 is 1.43 bits per heavy atom. The first kappa shape index (κ1) is 13.7. The Bertz CT molecular complexity index is 121. The molecular formula is C13H27N. The van der Waals surface area contributed by atoms with Crippen LogP contribution in [0.1, 0.15) is 52.9 Å². The van der Waals surface area contributed by atoms with Gasteiger partial charge in [0, 0.05) is 6.54 Å². The molecule has 0 spiro atoms. The van der Waals surface area contributed by atoms with Crippen LogP contribution in [-0.4, -0.2) is 24.5 Å². The summed E-state index contributed by atoms with van der Waals surface area (Å²) in [5.74, 6) is 0. The molecule has 84 valence electrons. The summed E-state index contributed by atoms with van der Waals surface area (Å²) in [4.78, 5) is 2.57. The molecule has 0 aromatic rings. The largest absolute Gasteiger partial charge is 0.300 e. The lowest BCUT2D eigenvalue weighted by Crippen LogP contribution is -2.26. The molecule has 1 heteroatoms. The minimum Gasteiger partial charge on any atom is -0.300 e. The highest BCUT2D eigenvalue weighted by Gasteiger charge is 2.00. The summed E-state index contributed by atoms with van der Waals surface area (Å²) in [5.41, 5.74) is 0. The Morgan fingerprint density at radius 3 is 1.86 bits per heavy atom. The summed E-state index contributed by atoms with van der Waals surface area (Å²) in [5, 5.41) is 0. The lowest BCUT2D eigenvalue weighted by molar-refractivity contribution is 0.292. The van der Waals surface area contributed by atoms with Gasteiger partial charge in [-0.25, -0.2) is 0 Å². The van der Waals surface area contributed by atoms with Crippen LogP contribution in [0.3, 0.4) is 0 Å². The van der Waals surface area contributed by atoms with Crippen molar-refractivity contribution in [2.75, 3.05) is 19.6 Å². The van der Waals surface area contributed by atoms with E-state index >= 15 is 0 Å². The van der Waals surface area contributed by atoms with Gasteiger partial charge in [-0.1, -0.05) is 45.8 Å². The summed E-state index contributed by atoms with van der Waals surface area (Å²) in [6, 6.07) is 0. The Labute approximate surface area is 90.2 Å². The standard InChI is InChI=1S/C13H27N/c1-4-7-10-13-14(11-8-5-2)12-9-6-3/h7,10H,4-6,8-9,11-13H2,1-3H3. The molecule has 14 heavy (non-hydrogen) atoms. The van der Waals surface area contributed by atoms with Gasteiger partial charge in [0.25, 0.3) is 0 Å². The van der Waals surface area contributed by atoms with Gasteiger partial charge in [0.15, 0.2) is 0 Å². The van der Waals surface area contributed by atoms with Gasteiger partial charge >= 0.3 is 0 Å². The van der Waals surface area contributed by atoms with Crippen molar-refractivity contribution in [3.05, 3.63) is 12.2 Å². The summed E-state index contributed by atoms with van der Waals surface area (Å²) in [7, 11) is 0. The van der Waals surface area contributed by atoms with E-state index in [2.05, 4.69) is 37.8 Å². The maximum absolute atomic E-state index is 2.57. The van der Waals surface area contributed by atoms with E-state index in [1.165, 1.54) is 38.8 Å². The van der Waals surface area contributed by atoms with Crippen molar-refractivity contribution < 1.29 is 0 Å². The SMILES string of the molecule is CCC=CCN(CCCC)CCCC. The van der Waals surface area contributed by atoms with Gasteiger partial charge in [0.1, 0.15) is 0 Å². The maximum Gasteiger partial charge on any atom is 0.0163 e. The van der Waals surface area contributed by atoms with Crippen molar-refractivity contribution in [1.29, 1.82) is 0 Å². The van der Waals surface area contributed by atoms with E-state index in [0.717, 1.165) is 13.0 Å². The van der Waals surface area contributed by atoms with Crippen molar-refractivity contribution >= 4 is 0 Å². The number of rotatable bonds is 9. The van der Waals surface area contributed by atoms with E-state index in [-0.39, 0.29) is 0 Å². The van der Waals surface area contributed by atoms with Crippen LogP contribution in [0.4, 0.5) is 0 Å². The molecule has 0 aromatic heterocycles. The minimum atomic E-state index is 1.15. The van der Waals surface area contributed by atoms with Crippen LogP contribution < -0.4 is 0 Å². The van der Waals surface area contributed by atoms with Gasteiger partial charge in [-0.15, -0.1) is 0 Å². The lowest BCUT2D eigenvalue weighted by atomic mass is 10.2. The predicted octanol–water partition coefficient (Wildman–Crippen LogP) is 3.85. The molecule has 0 aliphatic carbocycles. The molecule has 0 atom stereocenters. The highest BCUT2D eigenvalue weighted by atomic mass is 15.1. The zero-order chi connectivity index (χ0) is 10.6. The second-order valence-corrected chi connectivity index (χ2v) is 3.89. The fraction of sp³-hybridized carbons (Fsp3) is 0.846. The van der Waals surface area contributed by atoms with E-state index in [9.17, 15) is 0 Å². The van der Waals surface area contributed by atoms with Crippen molar-refractivity contribution in [1.82, 2.24) is 4.90 Å². The average Bonchev–Trinajstić information content (AvgIpc) is 2.21. The second kappa shape index (κ2) is 10.8. The second-order valence-electron chi connectivity index (χ2n) is 3.89. The number of nitrogens with zero attached hydrogens (tertiary/aromatic N) is 1. The third-order valence-corrected chi connectivity index (χ3v) is 2.42. The lowest BCUT2D eigenvalue weighted by Gasteiger charge is -2.19. The van der Waals surface area contributed by atoms with Crippen molar-refractivity contribution in [2.24, 2.45) is 0 Å². The molecule has 0 fully saturated rings. The minimum absolute atomic E-state index is 1.15. The first-order valence-electron chi connectivity index (χ1n) is 6.22. The van der Waals surface area contributed by atoms with Crippen LogP contribution in [0, 0.1) is 0 Å². The first-order valence-corrected chi connectivity index (χ1v) is 6.22. The molecular weight excluding hydrogens is 170 g/mol. The Balaban J connectivity index is 3.65. The number of allylic oxidation sites excluding steroid dienone is 1. The molecule has 0 amide bonds. The molecule has 0 aromatic carbocycles. The van der Waals surface area contributed by atoms with E-state index in [1.54, 1.807) is 0 Å². The van der Waals surface area contributed by atoms with Crippen LogP contribution >= 0.6 is 0 Å². The third-order valence-electron chi connectivity index (χ3n) is 2.42. The fourth-order valence-corrected chi connectivity index (χ4v) is 1.45. The van der Waals surface area contributed by atoms with Gasteiger partial charge in [-0.3, -0.25) is 4.90 Å². The normalized spacial score (nSPS) is 11.7.